The quantitative estimate of drug-likeness (QED) is 0.638. The first-order valence-corrected chi connectivity index (χ1v) is 6.02. The van der Waals surface area contributed by atoms with Gasteiger partial charge < -0.3 is 9.47 Å². The van der Waals surface area contributed by atoms with Gasteiger partial charge in [-0.1, -0.05) is 24.3 Å². The van der Waals surface area contributed by atoms with E-state index in [0.29, 0.717) is 0 Å². The number of hydrogen-bond acceptors (Lipinski definition) is 4. The number of methoxy groups -OCH3 is 2. The van der Waals surface area contributed by atoms with Crippen LogP contribution in [0.3, 0.4) is 0 Å². The average Bonchev–Trinajstić information content (AvgIpc) is 2.49. The number of hydrazine groups is 1. The van der Waals surface area contributed by atoms with Crippen molar-refractivity contribution in [1.82, 2.24) is 5.43 Å². The molecule has 0 amide bonds. The van der Waals surface area contributed by atoms with Crippen molar-refractivity contribution in [2.75, 3.05) is 14.2 Å². The highest BCUT2D eigenvalue weighted by atomic mass is 16.5. The summed E-state index contributed by atoms with van der Waals surface area (Å²) in [6.07, 6.45) is 0. The highest BCUT2D eigenvalue weighted by molar-refractivity contribution is 5.37. The molecule has 0 saturated carbocycles. The molecule has 3 N–H and O–H groups in total. The monoisotopic (exact) mass is 258 g/mol. The molecule has 2 aromatic carbocycles. The molecule has 4 nitrogen and oxygen atoms in total. The zero-order valence-electron chi connectivity index (χ0n) is 11.1. The van der Waals surface area contributed by atoms with Gasteiger partial charge in [-0.15, -0.1) is 0 Å². The van der Waals surface area contributed by atoms with Crippen molar-refractivity contribution in [2.45, 2.75) is 6.04 Å². The molecule has 0 aliphatic carbocycles. The van der Waals surface area contributed by atoms with Crippen molar-refractivity contribution in [3.8, 4) is 11.5 Å². The van der Waals surface area contributed by atoms with Crippen molar-refractivity contribution in [3.05, 3.63) is 59.7 Å². The first-order chi connectivity index (χ1) is 9.28. The minimum Gasteiger partial charge on any atom is -0.497 e. The van der Waals surface area contributed by atoms with Crippen molar-refractivity contribution in [2.24, 2.45) is 5.84 Å². The zero-order chi connectivity index (χ0) is 13.7. The van der Waals surface area contributed by atoms with E-state index < -0.39 is 0 Å². The molecular formula is C15H18N2O2. The van der Waals surface area contributed by atoms with Gasteiger partial charge in [-0.05, 0) is 35.4 Å². The fourth-order valence-corrected chi connectivity index (χ4v) is 1.98. The summed E-state index contributed by atoms with van der Waals surface area (Å²) < 4.78 is 10.3. The van der Waals surface area contributed by atoms with Crippen molar-refractivity contribution in [1.29, 1.82) is 0 Å². The van der Waals surface area contributed by atoms with Gasteiger partial charge in [-0.3, -0.25) is 5.84 Å². The molecule has 0 bridgehead atoms. The van der Waals surface area contributed by atoms with Crippen LogP contribution in [0.2, 0.25) is 0 Å². The number of ether oxygens (including phenoxy) is 2. The average molecular weight is 258 g/mol. The highest BCUT2D eigenvalue weighted by Gasteiger charge is 2.12. The van der Waals surface area contributed by atoms with Crippen LogP contribution in [0.25, 0.3) is 0 Å². The Morgan fingerprint density at radius 3 is 1.42 bits per heavy atom. The van der Waals surface area contributed by atoms with Crippen molar-refractivity contribution >= 4 is 0 Å². The van der Waals surface area contributed by atoms with Crippen LogP contribution in [0.15, 0.2) is 48.5 Å². The van der Waals surface area contributed by atoms with E-state index in [2.05, 4.69) is 5.43 Å². The number of rotatable bonds is 5. The van der Waals surface area contributed by atoms with Crippen LogP contribution in [-0.2, 0) is 0 Å². The third-order valence-corrected chi connectivity index (χ3v) is 3.06. The molecule has 0 aromatic heterocycles. The molecule has 0 spiro atoms. The first kappa shape index (κ1) is 13.4. The largest absolute Gasteiger partial charge is 0.497 e. The van der Waals surface area contributed by atoms with E-state index in [1.165, 1.54) is 0 Å². The summed E-state index contributed by atoms with van der Waals surface area (Å²) in [7, 11) is 3.30. The molecule has 19 heavy (non-hydrogen) atoms. The van der Waals surface area contributed by atoms with E-state index >= 15 is 0 Å². The zero-order valence-corrected chi connectivity index (χ0v) is 11.1. The molecule has 2 rings (SSSR count). The summed E-state index contributed by atoms with van der Waals surface area (Å²) in [4.78, 5) is 0. The minimum absolute atomic E-state index is 0.0585. The maximum Gasteiger partial charge on any atom is 0.118 e. The minimum atomic E-state index is -0.0585. The van der Waals surface area contributed by atoms with Crippen LogP contribution in [0, 0.1) is 0 Å². The fraction of sp³-hybridized carbons (Fsp3) is 0.200. The molecule has 0 saturated heterocycles. The molecule has 0 fully saturated rings. The summed E-state index contributed by atoms with van der Waals surface area (Å²) in [5, 5.41) is 0. The lowest BCUT2D eigenvalue weighted by molar-refractivity contribution is 0.414. The summed E-state index contributed by atoms with van der Waals surface area (Å²) in [6.45, 7) is 0. The lowest BCUT2D eigenvalue weighted by Crippen LogP contribution is -2.28. The summed E-state index contributed by atoms with van der Waals surface area (Å²) in [5.41, 5.74) is 4.98. The first-order valence-electron chi connectivity index (χ1n) is 6.02. The van der Waals surface area contributed by atoms with Crippen molar-refractivity contribution < 1.29 is 9.47 Å². The van der Waals surface area contributed by atoms with Crippen LogP contribution in [-0.4, -0.2) is 14.2 Å². The number of hydrogen-bond donors (Lipinski definition) is 2. The Kier molecular flexibility index (Phi) is 4.39. The third-order valence-electron chi connectivity index (χ3n) is 3.06. The molecule has 2 aromatic rings. The summed E-state index contributed by atoms with van der Waals surface area (Å²) in [5.74, 6) is 7.32. The molecule has 100 valence electrons. The van der Waals surface area contributed by atoms with E-state index in [1.54, 1.807) is 14.2 Å². The molecule has 0 aliphatic rings. The standard InChI is InChI=1S/C15H18N2O2/c1-18-13-7-3-11(4-8-13)15(17-16)12-5-9-14(19-2)10-6-12/h3-10,15,17H,16H2,1-2H3. The molecule has 0 atom stereocenters. The molecular weight excluding hydrogens is 240 g/mol. The van der Waals surface area contributed by atoms with Crippen LogP contribution in [0.1, 0.15) is 17.2 Å². The fourth-order valence-electron chi connectivity index (χ4n) is 1.98. The third kappa shape index (κ3) is 3.05. The smallest absolute Gasteiger partial charge is 0.118 e. The predicted octanol–water partition coefficient (Wildman–Crippen LogP) is 2.26. The Morgan fingerprint density at radius 2 is 1.16 bits per heavy atom. The van der Waals surface area contributed by atoms with Gasteiger partial charge in [0.1, 0.15) is 11.5 Å². The second-order valence-corrected chi connectivity index (χ2v) is 4.15. The Morgan fingerprint density at radius 1 is 0.789 bits per heavy atom. The number of benzene rings is 2. The van der Waals surface area contributed by atoms with Gasteiger partial charge in [0, 0.05) is 0 Å². The summed E-state index contributed by atoms with van der Waals surface area (Å²) >= 11 is 0. The van der Waals surface area contributed by atoms with Gasteiger partial charge in [0.05, 0.1) is 20.3 Å². The number of nitrogens with one attached hydrogen (secondary N) is 1. The van der Waals surface area contributed by atoms with Gasteiger partial charge >= 0.3 is 0 Å². The van der Waals surface area contributed by atoms with Crippen LogP contribution < -0.4 is 20.7 Å². The van der Waals surface area contributed by atoms with Gasteiger partial charge in [-0.25, -0.2) is 5.43 Å². The Hall–Kier alpha value is -2.04. The maximum absolute atomic E-state index is 5.67. The Bertz CT molecular complexity index is 461. The van der Waals surface area contributed by atoms with Crippen LogP contribution >= 0.6 is 0 Å². The van der Waals surface area contributed by atoms with Gasteiger partial charge in [0.15, 0.2) is 0 Å². The van der Waals surface area contributed by atoms with E-state index in [0.717, 1.165) is 22.6 Å². The predicted molar refractivity (Wildman–Crippen MR) is 75.2 cm³/mol. The number of nitrogens with two attached hydrogens (primary N) is 1. The Labute approximate surface area is 113 Å². The highest BCUT2D eigenvalue weighted by Crippen LogP contribution is 2.25. The second kappa shape index (κ2) is 6.22. The van der Waals surface area contributed by atoms with E-state index in [-0.39, 0.29) is 6.04 Å². The van der Waals surface area contributed by atoms with Gasteiger partial charge in [0.2, 0.25) is 0 Å². The van der Waals surface area contributed by atoms with E-state index in [9.17, 15) is 0 Å². The van der Waals surface area contributed by atoms with E-state index in [4.69, 9.17) is 15.3 Å². The van der Waals surface area contributed by atoms with Crippen LogP contribution in [0.5, 0.6) is 11.5 Å². The topological polar surface area (TPSA) is 56.5 Å². The van der Waals surface area contributed by atoms with Gasteiger partial charge in [0.25, 0.3) is 0 Å². The molecule has 0 radical (unpaired) electrons. The van der Waals surface area contributed by atoms with Gasteiger partial charge in [-0.2, -0.15) is 0 Å². The summed E-state index contributed by atoms with van der Waals surface area (Å²) in [6, 6.07) is 15.6. The lowest BCUT2D eigenvalue weighted by atomic mass is 9.99. The normalized spacial score (nSPS) is 10.5. The lowest BCUT2D eigenvalue weighted by Gasteiger charge is -2.17. The SMILES string of the molecule is COc1ccc(C(NN)c2ccc(OC)cc2)cc1. The van der Waals surface area contributed by atoms with Crippen molar-refractivity contribution in [3.63, 3.8) is 0 Å². The Balaban J connectivity index is 2.26. The second-order valence-electron chi connectivity index (χ2n) is 4.15. The molecule has 0 unspecified atom stereocenters. The molecule has 0 heterocycles. The maximum atomic E-state index is 5.67. The molecule has 0 aliphatic heterocycles. The van der Waals surface area contributed by atoms with E-state index in [1.807, 2.05) is 48.5 Å². The van der Waals surface area contributed by atoms with Crippen LogP contribution in [0.4, 0.5) is 0 Å². The molecule has 4 heteroatoms.